The van der Waals surface area contributed by atoms with Gasteiger partial charge in [0.15, 0.2) is 0 Å². The van der Waals surface area contributed by atoms with Crippen molar-refractivity contribution in [3.8, 4) is 5.88 Å². The van der Waals surface area contributed by atoms with E-state index in [2.05, 4.69) is 4.98 Å². The van der Waals surface area contributed by atoms with Crippen LogP contribution in [-0.2, 0) is 12.8 Å². The van der Waals surface area contributed by atoms with Crippen LogP contribution < -0.4 is 9.84 Å². The van der Waals surface area contributed by atoms with Gasteiger partial charge in [0.1, 0.15) is 24.1 Å². The monoisotopic (exact) mass is 492 g/mol. The summed E-state index contributed by atoms with van der Waals surface area (Å²) in [6, 6.07) is 7.01. The van der Waals surface area contributed by atoms with E-state index >= 15 is 0 Å². The van der Waals surface area contributed by atoms with E-state index in [0.717, 1.165) is 36.4 Å². The largest absolute Gasteiger partial charge is 0.545 e. The molecule has 0 saturated heterocycles. The van der Waals surface area contributed by atoms with E-state index in [1.54, 1.807) is 0 Å². The van der Waals surface area contributed by atoms with E-state index in [9.17, 15) is 36.2 Å². The molecule has 0 aliphatic heterocycles. The van der Waals surface area contributed by atoms with Gasteiger partial charge in [-0.2, -0.15) is 13.2 Å². The lowest BCUT2D eigenvalue weighted by molar-refractivity contribution is -0.255. The van der Waals surface area contributed by atoms with Crippen LogP contribution in [0.5, 0.6) is 5.88 Å². The first-order valence-electron chi connectivity index (χ1n) is 10.4. The van der Waals surface area contributed by atoms with Gasteiger partial charge in [0.05, 0.1) is 17.1 Å². The molecule has 1 heterocycles. The third kappa shape index (κ3) is 5.16. The number of alkyl halides is 3. The second kappa shape index (κ2) is 9.44. The molecule has 0 fully saturated rings. The number of pyridine rings is 1. The summed E-state index contributed by atoms with van der Waals surface area (Å²) in [4.78, 5) is 15.0. The quantitative estimate of drug-likeness (QED) is 0.423. The first-order valence-corrected chi connectivity index (χ1v) is 10.4. The van der Waals surface area contributed by atoms with Crippen molar-refractivity contribution in [2.45, 2.75) is 32.0 Å². The minimum absolute atomic E-state index is 0.0802. The fourth-order valence-electron chi connectivity index (χ4n) is 3.99. The van der Waals surface area contributed by atoms with Crippen LogP contribution in [0.15, 0.2) is 48.7 Å². The highest BCUT2D eigenvalue weighted by molar-refractivity contribution is 5.96. The van der Waals surface area contributed by atoms with Crippen LogP contribution in [-0.4, -0.2) is 11.0 Å². The van der Waals surface area contributed by atoms with Crippen molar-refractivity contribution in [1.82, 2.24) is 4.98 Å². The third-order valence-electron chi connectivity index (χ3n) is 5.62. The lowest BCUT2D eigenvalue weighted by Gasteiger charge is -2.17. The summed E-state index contributed by atoms with van der Waals surface area (Å²) in [5.74, 6) is -4.55. The van der Waals surface area contributed by atoms with Crippen molar-refractivity contribution in [1.29, 1.82) is 0 Å². The number of aromatic nitrogens is 1. The third-order valence-corrected chi connectivity index (χ3v) is 5.62. The Morgan fingerprint density at radius 3 is 2.34 bits per heavy atom. The lowest BCUT2D eigenvalue weighted by atomic mass is 9.95. The summed E-state index contributed by atoms with van der Waals surface area (Å²) < 4.78 is 87.9. The molecule has 2 aromatic carbocycles. The second-order valence-electron chi connectivity index (χ2n) is 7.89. The molecule has 1 aliphatic rings. The Morgan fingerprint density at radius 1 is 1.00 bits per heavy atom. The number of hydrogen-bond donors (Lipinski definition) is 0. The van der Waals surface area contributed by atoms with Crippen molar-refractivity contribution in [3.63, 3.8) is 0 Å². The minimum Gasteiger partial charge on any atom is -0.545 e. The number of rotatable bonds is 6. The Morgan fingerprint density at radius 2 is 1.69 bits per heavy atom. The second-order valence-corrected chi connectivity index (χ2v) is 7.89. The summed E-state index contributed by atoms with van der Waals surface area (Å²) in [5, 5.41) is 11.2. The molecule has 0 bridgehead atoms. The van der Waals surface area contributed by atoms with E-state index in [4.69, 9.17) is 4.74 Å². The van der Waals surface area contributed by atoms with Gasteiger partial charge in [0, 0.05) is 17.3 Å². The van der Waals surface area contributed by atoms with Crippen molar-refractivity contribution in [3.05, 3.63) is 93.9 Å². The number of carbonyl (C=O) groups is 1. The first-order chi connectivity index (χ1) is 16.5. The number of carboxylic acid groups (broad SMARTS) is 1. The number of carboxylic acids is 1. The Hall–Kier alpha value is -3.82. The molecule has 182 valence electrons. The highest BCUT2D eigenvalue weighted by atomic mass is 19.4. The van der Waals surface area contributed by atoms with Crippen LogP contribution in [0.1, 0.15) is 51.9 Å². The number of hydrogen-bond acceptors (Lipinski definition) is 4. The Balaban J connectivity index is 1.83. The number of benzene rings is 2. The van der Waals surface area contributed by atoms with Gasteiger partial charge in [0.2, 0.25) is 5.88 Å². The van der Waals surface area contributed by atoms with Crippen LogP contribution in [0, 0.1) is 17.5 Å². The molecule has 4 rings (SSSR count). The van der Waals surface area contributed by atoms with Crippen molar-refractivity contribution >= 4 is 17.1 Å². The predicted molar refractivity (Wildman–Crippen MR) is 111 cm³/mol. The number of ether oxygens (including phenoxy) is 1. The van der Waals surface area contributed by atoms with Crippen LogP contribution in [0.25, 0.3) is 11.1 Å². The van der Waals surface area contributed by atoms with Gasteiger partial charge < -0.3 is 14.6 Å². The molecule has 35 heavy (non-hydrogen) atoms. The van der Waals surface area contributed by atoms with E-state index in [0.29, 0.717) is 30.2 Å². The topological polar surface area (TPSA) is 62.2 Å². The average molecular weight is 492 g/mol. The summed E-state index contributed by atoms with van der Waals surface area (Å²) in [6.07, 6.45) is -3.12. The zero-order valence-corrected chi connectivity index (χ0v) is 17.9. The molecule has 4 nitrogen and oxygen atoms in total. The maximum atomic E-state index is 14.1. The van der Waals surface area contributed by atoms with Gasteiger partial charge in [-0.1, -0.05) is 6.07 Å². The molecular formula is C25H16F6NO3-. The molecular weight excluding hydrogens is 476 g/mol. The smallest absolute Gasteiger partial charge is 0.417 e. The fraction of sp³-hybridized carbons (Fsp3) is 0.200. The molecule has 3 aromatic rings. The molecule has 0 amide bonds. The first kappa shape index (κ1) is 24.3. The van der Waals surface area contributed by atoms with Crippen LogP contribution in [0.2, 0.25) is 0 Å². The zero-order valence-electron chi connectivity index (χ0n) is 17.9. The Bertz CT molecular complexity index is 1310. The molecule has 1 aromatic heterocycles. The van der Waals surface area contributed by atoms with Crippen molar-refractivity contribution in [2.24, 2.45) is 0 Å². The highest BCUT2D eigenvalue weighted by Crippen LogP contribution is 2.44. The number of allylic oxidation sites excluding steroid dienone is 2. The molecule has 0 N–H and O–H groups in total. The van der Waals surface area contributed by atoms with E-state index in [1.165, 1.54) is 6.07 Å². The maximum Gasteiger partial charge on any atom is 0.417 e. The van der Waals surface area contributed by atoms with Gasteiger partial charge in [-0.25, -0.2) is 18.2 Å². The number of halogens is 6. The van der Waals surface area contributed by atoms with Crippen molar-refractivity contribution < 1.29 is 41.0 Å². The Labute approximate surface area is 195 Å². The molecule has 10 heteroatoms. The van der Waals surface area contributed by atoms with Crippen LogP contribution >= 0.6 is 0 Å². The SMILES string of the molecule is O=C([O-])c1cc(F)cc(C2=C(c3cc(C(F)(F)F)cnc3OCc3c(F)cccc3F)CCC2)c1. The summed E-state index contributed by atoms with van der Waals surface area (Å²) in [7, 11) is 0. The van der Waals surface area contributed by atoms with Gasteiger partial charge >= 0.3 is 6.18 Å². The molecule has 0 spiro atoms. The summed E-state index contributed by atoms with van der Waals surface area (Å²) in [6.45, 7) is -0.638. The van der Waals surface area contributed by atoms with E-state index < -0.39 is 52.9 Å². The van der Waals surface area contributed by atoms with Crippen LogP contribution in [0.3, 0.4) is 0 Å². The molecule has 1 aliphatic carbocycles. The van der Waals surface area contributed by atoms with Crippen molar-refractivity contribution in [2.75, 3.05) is 0 Å². The molecule has 0 saturated carbocycles. The van der Waals surface area contributed by atoms with E-state index in [1.807, 2.05) is 0 Å². The van der Waals surface area contributed by atoms with E-state index in [-0.39, 0.29) is 23.4 Å². The number of carbonyl (C=O) groups excluding carboxylic acids is 1. The van der Waals surface area contributed by atoms with Gasteiger partial charge in [-0.15, -0.1) is 0 Å². The zero-order chi connectivity index (χ0) is 25.3. The Kier molecular flexibility index (Phi) is 6.56. The summed E-state index contributed by atoms with van der Waals surface area (Å²) in [5.41, 5.74) is -1.09. The standard InChI is InChI=1S/C25H17F6NO3/c26-16-8-13(7-14(9-16)24(33)34)17-3-1-4-18(17)19-10-15(25(29,30)31)11-32-23(19)35-12-20-21(27)5-2-6-22(20)28/h2,5-11H,1,3-4,12H2,(H,33,34)/p-1. The van der Waals surface area contributed by atoms with Crippen LogP contribution in [0.4, 0.5) is 26.3 Å². The number of aromatic carboxylic acids is 1. The molecule has 0 atom stereocenters. The predicted octanol–water partition coefficient (Wildman–Crippen LogP) is 5.55. The molecule has 0 unspecified atom stereocenters. The number of nitrogens with zero attached hydrogens (tertiary/aromatic N) is 1. The van der Waals surface area contributed by atoms with Gasteiger partial charge in [-0.3, -0.25) is 0 Å². The fourth-order valence-corrected chi connectivity index (χ4v) is 3.99. The normalized spacial score (nSPS) is 13.9. The minimum atomic E-state index is -4.74. The maximum absolute atomic E-state index is 14.1. The lowest BCUT2D eigenvalue weighted by Crippen LogP contribution is -2.22. The summed E-state index contributed by atoms with van der Waals surface area (Å²) >= 11 is 0. The highest BCUT2D eigenvalue weighted by Gasteiger charge is 2.33. The average Bonchev–Trinajstić information content (AvgIpc) is 3.27. The molecule has 0 radical (unpaired) electrons. The van der Waals surface area contributed by atoms with Gasteiger partial charge in [0.25, 0.3) is 0 Å². The van der Waals surface area contributed by atoms with Gasteiger partial charge in [-0.05, 0) is 72.4 Å².